The van der Waals surface area contributed by atoms with Crippen molar-refractivity contribution in [2.45, 2.75) is 64.5 Å². The highest BCUT2D eigenvalue weighted by molar-refractivity contribution is 5.79. The molecular weight excluding hydrogens is 300 g/mol. The van der Waals surface area contributed by atoms with Crippen molar-refractivity contribution in [3.8, 4) is 5.75 Å². The fraction of sp³-hybridized carbons (Fsp3) is 0.650. The molecule has 1 aromatic carbocycles. The van der Waals surface area contributed by atoms with Crippen molar-refractivity contribution in [2.24, 2.45) is 11.7 Å². The van der Waals surface area contributed by atoms with Crippen LogP contribution in [-0.4, -0.2) is 36.0 Å². The van der Waals surface area contributed by atoms with Gasteiger partial charge in [-0.1, -0.05) is 18.6 Å². The van der Waals surface area contributed by atoms with Crippen LogP contribution >= 0.6 is 0 Å². The first kappa shape index (κ1) is 17.3. The van der Waals surface area contributed by atoms with Crippen LogP contribution in [0.2, 0.25) is 0 Å². The Morgan fingerprint density at radius 1 is 1.17 bits per heavy atom. The second-order valence-electron chi connectivity index (χ2n) is 7.54. The molecular formula is C20H30N2O2. The second-order valence-corrected chi connectivity index (χ2v) is 7.54. The molecule has 0 bridgehead atoms. The summed E-state index contributed by atoms with van der Waals surface area (Å²) in [5.74, 6) is 1.44. The van der Waals surface area contributed by atoms with Crippen LogP contribution < -0.4 is 10.5 Å². The Bertz CT molecular complexity index is 579. The smallest absolute Gasteiger partial charge is 0.225 e. The molecule has 0 aromatic heterocycles. The topological polar surface area (TPSA) is 55.6 Å². The number of ether oxygens (including phenoxy) is 1. The molecule has 132 valence electrons. The van der Waals surface area contributed by atoms with Gasteiger partial charge in [-0.3, -0.25) is 4.79 Å². The molecule has 0 spiro atoms. The first-order valence-corrected chi connectivity index (χ1v) is 9.31. The molecule has 24 heavy (non-hydrogen) atoms. The molecule has 2 atom stereocenters. The Balaban J connectivity index is 1.52. The van der Waals surface area contributed by atoms with E-state index in [1.165, 1.54) is 11.1 Å². The number of rotatable bonds is 3. The summed E-state index contributed by atoms with van der Waals surface area (Å²) in [5, 5.41) is 0. The Morgan fingerprint density at radius 3 is 2.62 bits per heavy atom. The normalized spacial score (nSPS) is 25.5. The molecule has 2 fully saturated rings. The maximum Gasteiger partial charge on any atom is 0.225 e. The second kappa shape index (κ2) is 7.56. The minimum atomic E-state index is 0.144. The summed E-state index contributed by atoms with van der Waals surface area (Å²) < 4.78 is 6.20. The van der Waals surface area contributed by atoms with E-state index in [0.29, 0.717) is 5.91 Å². The van der Waals surface area contributed by atoms with Crippen molar-refractivity contribution in [3.05, 3.63) is 29.3 Å². The third-order valence-electron chi connectivity index (χ3n) is 5.45. The molecule has 1 saturated heterocycles. The Morgan fingerprint density at radius 2 is 1.92 bits per heavy atom. The van der Waals surface area contributed by atoms with Crippen LogP contribution in [0.1, 0.15) is 49.7 Å². The van der Waals surface area contributed by atoms with Gasteiger partial charge in [-0.15, -0.1) is 0 Å². The van der Waals surface area contributed by atoms with Gasteiger partial charge in [0, 0.05) is 37.9 Å². The highest BCUT2D eigenvalue weighted by Crippen LogP contribution is 2.28. The summed E-state index contributed by atoms with van der Waals surface area (Å²) in [5.41, 5.74) is 8.43. The van der Waals surface area contributed by atoms with E-state index in [-0.39, 0.29) is 18.1 Å². The predicted octanol–water partition coefficient (Wildman–Crippen LogP) is 3.19. The summed E-state index contributed by atoms with van der Waals surface area (Å²) in [6.45, 7) is 5.78. The van der Waals surface area contributed by atoms with E-state index in [1.54, 1.807) is 0 Å². The quantitative estimate of drug-likeness (QED) is 0.926. The number of nitrogens with zero attached hydrogens (tertiary/aromatic N) is 1. The monoisotopic (exact) mass is 330 g/mol. The van der Waals surface area contributed by atoms with Gasteiger partial charge >= 0.3 is 0 Å². The van der Waals surface area contributed by atoms with Gasteiger partial charge in [-0.2, -0.15) is 0 Å². The molecule has 0 unspecified atom stereocenters. The zero-order chi connectivity index (χ0) is 17.1. The van der Waals surface area contributed by atoms with E-state index < -0.39 is 0 Å². The molecule has 2 N–H and O–H groups in total. The molecule has 1 aliphatic carbocycles. The molecule has 1 aliphatic heterocycles. The Hall–Kier alpha value is -1.55. The zero-order valence-electron chi connectivity index (χ0n) is 15.0. The lowest BCUT2D eigenvalue weighted by molar-refractivity contribution is -0.138. The van der Waals surface area contributed by atoms with Crippen LogP contribution in [0.4, 0.5) is 0 Å². The van der Waals surface area contributed by atoms with E-state index in [4.69, 9.17) is 10.5 Å². The maximum absolute atomic E-state index is 12.7. The summed E-state index contributed by atoms with van der Waals surface area (Å²) in [4.78, 5) is 14.7. The summed E-state index contributed by atoms with van der Waals surface area (Å²) >= 11 is 0. The molecule has 0 radical (unpaired) electrons. The van der Waals surface area contributed by atoms with Crippen molar-refractivity contribution in [2.75, 3.05) is 13.1 Å². The van der Waals surface area contributed by atoms with Crippen molar-refractivity contribution in [1.29, 1.82) is 0 Å². The molecule has 2 aliphatic rings. The number of aryl methyl sites for hydroxylation is 2. The average molecular weight is 330 g/mol. The Kier molecular flexibility index (Phi) is 5.44. The van der Waals surface area contributed by atoms with Gasteiger partial charge in [0.05, 0.1) is 0 Å². The zero-order valence-corrected chi connectivity index (χ0v) is 15.0. The van der Waals surface area contributed by atoms with Gasteiger partial charge in [0.25, 0.3) is 0 Å². The number of hydrogen-bond donors (Lipinski definition) is 1. The van der Waals surface area contributed by atoms with Gasteiger partial charge in [0.2, 0.25) is 5.91 Å². The molecule has 1 heterocycles. The average Bonchev–Trinajstić information content (AvgIpc) is 2.58. The molecule has 4 nitrogen and oxygen atoms in total. The van der Waals surface area contributed by atoms with Crippen molar-refractivity contribution < 1.29 is 9.53 Å². The van der Waals surface area contributed by atoms with Gasteiger partial charge in [-0.05, 0) is 50.3 Å². The number of carbonyl (C=O) groups excluding carboxylic acids is 1. The van der Waals surface area contributed by atoms with Crippen LogP contribution in [0.5, 0.6) is 5.75 Å². The fourth-order valence-corrected chi connectivity index (χ4v) is 3.92. The number of piperidine rings is 1. The van der Waals surface area contributed by atoms with Crippen molar-refractivity contribution in [1.82, 2.24) is 4.90 Å². The molecule has 1 aromatic rings. The summed E-state index contributed by atoms with van der Waals surface area (Å²) in [7, 11) is 0. The standard InChI is InChI=1S/C20H30N2O2/c1-14-6-7-15(2)19(12-14)24-18-8-10-22(11-9-18)20(23)16-4-3-5-17(21)13-16/h6-7,12,16-18H,3-5,8-11,13,21H2,1-2H3/t16-,17+/m1/s1. The number of amides is 1. The summed E-state index contributed by atoms with van der Waals surface area (Å²) in [6, 6.07) is 6.53. The number of hydrogen-bond acceptors (Lipinski definition) is 3. The highest BCUT2D eigenvalue weighted by atomic mass is 16.5. The molecule has 3 rings (SSSR count). The van der Waals surface area contributed by atoms with Crippen molar-refractivity contribution >= 4 is 5.91 Å². The minimum absolute atomic E-state index is 0.144. The van der Waals surface area contributed by atoms with E-state index in [0.717, 1.165) is 57.4 Å². The van der Waals surface area contributed by atoms with E-state index in [9.17, 15) is 4.79 Å². The van der Waals surface area contributed by atoms with Crippen LogP contribution in [0, 0.1) is 19.8 Å². The van der Waals surface area contributed by atoms with Crippen molar-refractivity contribution in [3.63, 3.8) is 0 Å². The highest BCUT2D eigenvalue weighted by Gasteiger charge is 2.31. The molecule has 1 amide bonds. The Labute approximate surface area is 145 Å². The third-order valence-corrected chi connectivity index (χ3v) is 5.45. The first-order valence-electron chi connectivity index (χ1n) is 9.31. The number of likely N-dealkylation sites (tertiary alicyclic amines) is 1. The van der Waals surface area contributed by atoms with Gasteiger partial charge in [0.1, 0.15) is 11.9 Å². The third kappa shape index (κ3) is 4.10. The lowest BCUT2D eigenvalue weighted by atomic mass is 9.85. The number of benzene rings is 1. The predicted molar refractivity (Wildman–Crippen MR) is 96.1 cm³/mol. The fourth-order valence-electron chi connectivity index (χ4n) is 3.92. The SMILES string of the molecule is Cc1ccc(C)c(OC2CCN(C(=O)[C@@H]3CCC[C@H](N)C3)CC2)c1. The maximum atomic E-state index is 12.7. The largest absolute Gasteiger partial charge is 0.490 e. The first-order chi connectivity index (χ1) is 11.5. The van der Waals surface area contributed by atoms with Gasteiger partial charge in [0.15, 0.2) is 0 Å². The van der Waals surface area contributed by atoms with Crippen LogP contribution in [0.25, 0.3) is 0 Å². The van der Waals surface area contributed by atoms with E-state index >= 15 is 0 Å². The molecule has 4 heteroatoms. The summed E-state index contributed by atoms with van der Waals surface area (Å²) in [6.07, 6.45) is 6.06. The van der Waals surface area contributed by atoms with Crippen LogP contribution in [0.15, 0.2) is 18.2 Å². The lowest BCUT2D eigenvalue weighted by Gasteiger charge is -2.36. The molecule has 1 saturated carbocycles. The van der Waals surface area contributed by atoms with Gasteiger partial charge in [-0.25, -0.2) is 0 Å². The van der Waals surface area contributed by atoms with E-state index in [1.807, 2.05) is 4.90 Å². The number of nitrogens with two attached hydrogens (primary N) is 1. The minimum Gasteiger partial charge on any atom is -0.490 e. The van der Waals surface area contributed by atoms with Crippen LogP contribution in [-0.2, 0) is 4.79 Å². The van der Waals surface area contributed by atoms with Crippen LogP contribution in [0.3, 0.4) is 0 Å². The van der Waals surface area contributed by atoms with E-state index in [2.05, 4.69) is 32.0 Å². The van der Waals surface area contributed by atoms with Gasteiger partial charge < -0.3 is 15.4 Å². The number of carbonyl (C=O) groups is 1. The lowest BCUT2D eigenvalue weighted by Crippen LogP contribution is -2.46.